The standard InChI is InChI=1S/C26H30FN3O3/c27-21-12-10-20(11-13-21)26(33)30-16-14-19(15-17-30)25(32)29-23-9-5-4-8-22(23)28-24(31)18-6-2-1-3-7-18/h1-3,6-7,10-13,19,22-23H,4-5,8-9,14-17H2,(H,28,31)(H,29,32)/t22-,23-/m1/s1. The molecule has 3 amide bonds. The highest BCUT2D eigenvalue weighted by Gasteiger charge is 2.32. The van der Waals surface area contributed by atoms with E-state index in [4.69, 9.17) is 0 Å². The summed E-state index contributed by atoms with van der Waals surface area (Å²) in [4.78, 5) is 39.9. The molecule has 6 nitrogen and oxygen atoms in total. The molecule has 2 atom stereocenters. The molecule has 2 aromatic carbocycles. The van der Waals surface area contributed by atoms with Gasteiger partial charge in [-0.2, -0.15) is 0 Å². The molecule has 1 aliphatic carbocycles. The van der Waals surface area contributed by atoms with Crippen LogP contribution in [0.2, 0.25) is 0 Å². The molecule has 0 unspecified atom stereocenters. The Bertz CT molecular complexity index is 972. The van der Waals surface area contributed by atoms with E-state index in [1.54, 1.807) is 17.0 Å². The molecule has 1 heterocycles. The van der Waals surface area contributed by atoms with Crippen molar-refractivity contribution in [1.82, 2.24) is 15.5 Å². The van der Waals surface area contributed by atoms with E-state index >= 15 is 0 Å². The predicted molar refractivity (Wildman–Crippen MR) is 123 cm³/mol. The van der Waals surface area contributed by atoms with Crippen LogP contribution in [-0.2, 0) is 4.79 Å². The normalized spacial score (nSPS) is 21.3. The molecule has 33 heavy (non-hydrogen) atoms. The van der Waals surface area contributed by atoms with E-state index in [-0.39, 0.29) is 41.5 Å². The third kappa shape index (κ3) is 5.78. The number of nitrogens with zero attached hydrogens (tertiary/aromatic N) is 1. The van der Waals surface area contributed by atoms with Crippen molar-refractivity contribution >= 4 is 17.7 Å². The Kier molecular flexibility index (Phi) is 7.37. The monoisotopic (exact) mass is 451 g/mol. The highest BCUT2D eigenvalue weighted by atomic mass is 19.1. The van der Waals surface area contributed by atoms with Gasteiger partial charge in [0.1, 0.15) is 5.82 Å². The maximum atomic E-state index is 13.1. The van der Waals surface area contributed by atoms with Gasteiger partial charge < -0.3 is 15.5 Å². The van der Waals surface area contributed by atoms with Gasteiger partial charge in [0, 0.05) is 42.2 Å². The Hall–Kier alpha value is -3.22. The second kappa shape index (κ2) is 10.6. The number of carbonyl (C=O) groups is 3. The van der Waals surface area contributed by atoms with Crippen molar-refractivity contribution in [2.75, 3.05) is 13.1 Å². The molecule has 4 rings (SSSR count). The van der Waals surface area contributed by atoms with Gasteiger partial charge >= 0.3 is 0 Å². The SMILES string of the molecule is O=C(N[C@@H]1CCCC[C@H]1NC(=O)C1CCN(C(=O)c2ccc(F)cc2)CC1)c1ccccc1. The summed E-state index contributed by atoms with van der Waals surface area (Å²) in [6, 6.07) is 14.5. The number of hydrogen-bond donors (Lipinski definition) is 2. The van der Waals surface area contributed by atoms with Crippen molar-refractivity contribution in [3.05, 3.63) is 71.5 Å². The highest BCUT2D eigenvalue weighted by Crippen LogP contribution is 2.23. The van der Waals surface area contributed by atoms with Crippen LogP contribution in [-0.4, -0.2) is 47.8 Å². The molecule has 0 aromatic heterocycles. The summed E-state index contributed by atoms with van der Waals surface area (Å²) < 4.78 is 13.1. The Morgan fingerprint density at radius 1 is 0.758 bits per heavy atom. The van der Waals surface area contributed by atoms with Crippen LogP contribution in [0.3, 0.4) is 0 Å². The average Bonchev–Trinajstić information content (AvgIpc) is 2.86. The summed E-state index contributed by atoms with van der Waals surface area (Å²) in [5.41, 5.74) is 1.07. The van der Waals surface area contributed by atoms with Crippen molar-refractivity contribution in [3.8, 4) is 0 Å². The maximum absolute atomic E-state index is 13.1. The third-order valence-corrected chi connectivity index (χ3v) is 6.69. The first-order valence-corrected chi connectivity index (χ1v) is 11.7. The maximum Gasteiger partial charge on any atom is 0.253 e. The van der Waals surface area contributed by atoms with E-state index in [1.165, 1.54) is 24.3 Å². The minimum Gasteiger partial charge on any atom is -0.351 e. The second-order valence-electron chi connectivity index (χ2n) is 8.92. The topological polar surface area (TPSA) is 78.5 Å². The van der Waals surface area contributed by atoms with Crippen LogP contribution in [0.5, 0.6) is 0 Å². The van der Waals surface area contributed by atoms with E-state index in [2.05, 4.69) is 10.6 Å². The summed E-state index contributed by atoms with van der Waals surface area (Å²) in [6.45, 7) is 0.986. The van der Waals surface area contributed by atoms with Crippen LogP contribution in [0.1, 0.15) is 59.2 Å². The van der Waals surface area contributed by atoms with Crippen molar-refractivity contribution in [2.45, 2.75) is 50.6 Å². The highest BCUT2D eigenvalue weighted by molar-refractivity contribution is 5.95. The number of amides is 3. The fraction of sp³-hybridized carbons (Fsp3) is 0.423. The Balaban J connectivity index is 1.29. The van der Waals surface area contributed by atoms with Crippen LogP contribution < -0.4 is 10.6 Å². The van der Waals surface area contributed by atoms with E-state index in [0.717, 1.165) is 25.7 Å². The quantitative estimate of drug-likeness (QED) is 0.730. The zero-order valence-corrected chi connectivity index (χ0v) is 18.6. The summed E-state index contributed by atoms with van der Waals surface area (Å²) in [6.07, 6.45) is 4.91. The fourth-order valence-corrected chi connectivity index (χ4v) is 4.74. The van der Waals surface area contributed by atoms with Crippen LogP contribution in [0.25, 0.3) is 0 Å². The molecule has 1 aliphatic heterocycles. The van der Waals surface area contributed by atoms with Crippen molar-refractivity contribution in [1.29, 1.82) is 0 Å². The lowest BCUT2D eigenvalue weighted by Gasteiger charge is -2.36. The van der Waals surface area contributed by atoms with Crippen LogP contribution in [0, 0.1) is 11.7 Å². The van der Waals surface area contributed by atoms with Crippen LogP contribution >= 0.6 is 0 Å². The van der Waals surface area contributed by atoms with Gasteiger partial charge in [-0.3, -0.25) is 14.4 Å². The van der Waals surface area contributed by atoms with Gasteiger partial charge in [0.2, 0.25) is 5.91 Å². The minimum atomic E-state index is -0.372. The molecule has 1 saturated heterocycles. The lowest BCUT2D eigenvalue weighted by atomic mass is 9.88. The molecule has 0 bridgehead atoms. The lowest BCUT2D eigenvalue weighted by Crippen LogP contribution is -2.55. The molecule has 1 saturated carbocycles. The summed E-state index contributed by atoms with van der Waals surface area (Å²) in [5, 5.41) is 6.28. The first-order chi connectivity index (χ1) is 16.0. The van der Waals surface area contributed by atoms with Crippen LogP contribution in [0.4, 0.5) is 4.39 Å². The van der Waals surface area contributed by atoms with Gasteiger partial charge in [-0.05, 0) is 62.1 Å². The number of rotatable bonds is 5. The van der Waals surface area contributed by atoms with Gasteiger partial charge in [-0.15, -0.1) is 0 Å². The van der Waals surface area contributed by atoms with E-state index < -0.39 is 0 Å². The molecular weight excluding hydrogens is 421 g/mol. The summed E-state index contributed by atoms with van der Waals surface area (Å²) in [5.74, 6) is -0.786. The van der Waals surface area contributed by atoms with E-state index in [9.17, 15) is 18.8 Å². The number of nitrogens with one attached hydrogen (secondary N) is 2. The number of hydrogen-bond acceptors (Lipinski definition) is 3. The number of piperidine rings is 1. The van der Waals surface area contributed by atoms with Gasteiger partial charge in [0.05, 0.1) is 0 Å². The van der Waals surface area contributed by atoms with Gasteiger partial charge in [0.15, 0.2) is 0 Å². The summed E-state index contributed by atoms with van der Waals surface area (Å²) in [7, 11) is 0. The number of halogens is 1. The average molecular weight is 452 g/mol. The number of benzene rings is 2. The van der Waals surface area contributed by atoms with Crippen LogP contribution in [0.15, 0.2) is 54.6 Å². The Labute approximate surface area is 193 Å². The van der Waals surface area contributed by atoms with Gasteiger partial charge in [-0.1, -0.05) is 31.0 Å². The molecule has 174 valence electrons. The van der Waals surface area contributed by atoms with E-state index in [1.807, 2.05) is 18.2 Å². The Morgan fingerprint density at radius 3 is 2.00 bits per heavy atom. The van der Waals surface area contributed by atoms with Crippen molar-refractivity contribution in [2.24, 2.45) is 5.92 Å². The largest absolute Gasteiger partial charge is 0.351 e. The lowest BCUT2D eigenvalue weighted by molar-refractivity contribution is -0.127. The Morgan fingerprint density at radius 2 is 1.36 bits per heavy atom. The molecule has 0 radical (unpaired) electrons. The van der Waals surface area contributed by atoms with E-state index in [0.29, 0.717) is 37.1 Å². The number of carbonyl (C=O) groups excluding carboxylic acids is 3. The molecule has 2 aromatic rings. The molecule has 2 fully saturated rings. The zero-order valence-electron chi connectivity index (χ0n) is 18.6. The predicted octanol–water partition coefficient (Wildman–Crippen LogP) is 3.54. The second-order valence-corrected chi connectivity index (χ2v) is 8.92. The molecule has 7 heteroatoms. The summed E-state index contributed by atoms with van der Waals surface area (Å²) >= 11 is 0. The first kappa shape index (κ1) is 23.0. The first-order valence-electron chi connectivity index (χ1n) is 11.7. The van der Waals surface area contributed by atoms with Crippen molar-refractivity contribution in [3.63, 3.8) is 0 Å². The smallest absolute Gasteiger partial charge is 0.253 e. The fourth-order valence-electron chi connectivity index (χ4n) is 4.74. The third-order valence-electron chi connectivity index (χ3n) is 6.69. The molecular formula is C26H30FN3O3. The van der Waals surface area contributed by atoms with Gasteiger partial charge in [0.25, 0.3) is 11.8 Å². The molecule has 2 aliphatic rings. The molecule has 2 N–H and O–H groups in total. The number of likely N-dealkylation sites (tertiary alicyclic amines) is 1. The van der Waals surface area contributed by atoms with Gasteiger partial charge in [-0.25, -0.2) is 4.39 Å². The minimum absolute atomic E-state index is 0.00487. The van der Waals surface area contributed by atoms with Crippen molar-refractivity contribution < 1.29 is 18.8 Å². The molecule has 0 spiro atoms. The zero-order chi connectivity index (χ0) is 23.2.